The minimum absolute atomic E-state index is 0.193. The topological polar surface area (TPSA) is 111 Å². The molecule has 9 nitrogen and oxygen atoms in total. The summed E-state index contributed by atoms with van der Waals surface area (Å²) in [5.74, 6) is -1.52. The van der Waals surface area contributed by atoms with Gasteiger partial charge < -0.3 is 9.64 Å². The SMILES string of the molecule is CCOC(=O)c1cnn(CC)c1-c1cccc2c1CN(C1CCC(=O)NC1=O)C2=O. The summed E-state index contributed by atoms with van der Waals surface area (Å²) >= 11 is 0. The van der Waals surface area contributed by atoms with E-state index in [4.69, 9.17) is 4.74 Å². The van der Waals surface area contributed by atoms with Gasteiger partial charge in [0.2, 0.25) is 11.8 Å². The number of carbonyl (C=O) groups excluding carboxylic acids is 4. The van der Waals surface area contributed by atoms with Gasteiger partial charge in [0.1, 0.15) is 11.6 Å². The summed E-state index contributed by atoms with van der Waals surface area (Å²) in [4.78, 5) is 50.8. The van der Waals surface area contributed by atoms with Gasteiger partial charge in [0.05, 0.1) is 18.5 Å². The van der Waals surface area contributed by atoms with Gasteiger partial charge >= 0.3 is 5.97 Å². The molecule has 156 valence electrons. The smallest absolute Gasteiger partial charge is 0.341 e. The lowest BCUT2D eigenvalue weighted by atomic mass is 9.98. The molecule has 3 heterocycles. The van der Waals surface area contributed by atoms with Crippen LogP contribution in [0.15, 0.2) is 24.4 Å². The number of amides is 3. The summed E-state index contributed by atoms with van der Waals surface area (Å²) in [6.07, 6.45) is 1.96. The third kappa shape index (κ3) is 3.16. The van der Waals surface area contributed by atoms with Gasteiger partial charge in [-0.15, -0.1) is 0 Å². The van der Waals surface area contributed by atoms with Crippen molar-refractivity contribution in [2.45, 2.75) is 45.8 Å². The molecule has 4 rings (SSSR count). The maximum Gasteiger partial charge on any atom is 0.341 e. The highest BCUT2D eigenvalue weighted by molar-refractivity contribution is 6.07. The average molecular weight is 410 g/mol. The second-order valence-corrected chi connectivity index (χ2v) is 7.17. The quantitative estimate of drug-likeness (QED) is 0.591. The van der Waals surface area contributed by atoms with Gasteiger partial charge in [-0.05, 0) is 31.9 Å². The van der Waals surface area contributed by atoms with E-state index in [0.717, 1.165) is 5.56 Å². The van der Waals surface area contributed by atoms with Crippen LogP contribution in [0.25, 0.3) is 11.3 Å². The van der Waals surface area contributed by atoms with Crippen LogP contribution >= 0.6 is 0 Å². The van der Waals surface area contributed by atoms with Crippen LogP contribution in [0.2, 0.25) is 0 Å². The van der Waals surface area contributed by atoms with Gasteiger partial charge in [-0.1, -0.05) is 12.1 Å². The molecule has 1 aromatic heterocycles. The molecular formula is C21H22N4O5. The van der Waals surface area contributed by atoms with Crippen molar-refractivity contribution in [2.24, 2.45) is 0 Å². The molecule has 0 spiro atoms. The number of rotatable bonds is 5. The molecular weight excluding hydrogens is 388 g/mol. The summed E-state index contributed by atoms with van der Waals surface area (Å²) in [6.45, 7) is 4.63. The Morgan fingerprint density at radius 1 is 1.23 bits per heavy atom. The van der Waals surface area contributed by atoms with Crippen LogP contribution in [0, 0.1) is 0 Å². The van der Waals surface area contributed by atoms with Crippen LogP contribution in [0.3, 0.4) is 0 Å². The largest absolute Gasteiger partial charge is 0.462 e. The molecule has 3 amide bonds. The Labute approximate surface area is 173 Å². The zero-order valence-corrected chi connectivity index (χ0v) is 16.8. The second-order valence-electron chi connectivity index (χ2n) is 7.17. The Hall–Kier alpha value is -3.49. The molecule has 1 fully saturated rings. The first-order valence-corrected chi connectivity index (χ1v) is 9.96. The molecule has 2 aliphatic rings. The number of nitrogens with one attached hydrogen (secondary N) is 1. The van der Waals surface area contributed by atoms with E-state index in [-0.39, 0.29) is 31.4 Å². The number of benzene rings is 1. The first-order chi connectivity index (χ1) is 14.5. The van der Waals surface area contributed by atoms with E-state index >= 15 is 0 Å². The first kappa shape index (κ1) is 19.8. The molecule has 0 aliphatic carbocycles. The number of imide groups is 1. The predicted molar refractivity (Wildman–Crippen MR) is 105 cm³/mol. The third-order valence-electron chi connectivity index (χ3n) is 5.47. The van der Waals surface area contributed by atoms with Crippen molar-refractivity contribution in [3.05, 3.63) is 41.1 Å². The summed E-state index contributed by atoms with van der Waals surface area (Å²) in [7, 11) is 0. The summed E-state index contributed by atoms with van der Waals surface area (Å²) in [5.41, 5.74) is 2.84. The van der Waals surface area contributed by atoms with Crippen molar-refractivity contribution in [3.8, 4) is 11.3 Å². The molecule has 1 aromatic carbocycles. The van der Waals surface area contributed by atoms with Crippen molar-refractivity contribution < 1.29 is 23.9 Å². The fraction of sp³-hybridized carbons (Fsp3) is 0.381. The highest BCUT2D eigenvalue weighted by atomic mass is 16.5. The average Bonchev–Trinajstić information content (AvgIpc) is 3.30. The Kier molecular flexibility index (Phi) is 5.11. The number of ether oxygens (including phenoxy) is 1. The minimum atomic E-state index is -0.698. The lowest BCUT2D eigenvalue weighted by Gasteiger charge is -2.29. The van der Waals surface area contributed by atoms with Crippen LogP contribution in [0.5, 0.6) is 0 Å². The van der Waals surface area contributed by atoms with Gasteiger partial charge in [0.15, 0.2) is 0 Å². The molecule has 1 N–H and O–H groups in total. The van der Waals surface area contributed by atoms with Crippen molar-refractivity contribution >= 4 is 23.7 Å². The van der Waals surface area contributed by atoms with Gasteiger partial charge in [-0.2, -0.15) is 5.10 Å². The lowest BCUT2D eigenvalue weighted by Crippen LogP contribution is -2.52. The second kappa shape index (κ2) is 7.74. The Morgan fingerprint density at radius 3 is 2.70 bits per heavy atom. The molecule has 1 atom stereocenters. The van der Waals surface area contributed by atoms with E-state index in [1.165, 1.54) is 11.1 Å². The number of aromatic nitrogens is 2. The van der Waals surface area contributed by atoms with Crippen LogP contribution in [-0.2, 0) is 27.4 Å². The van der Waals surface area contributed by atoms with E-state index in [1.54, 1.807) is 23.7 Å². The van der Waals surface area contributed by atoms with E-state index in [1.807, 2.05) is 13.0 Å². The van der Waals surface area contributed by atoms with Crippen molar-refractivity contribution in [1.29, 1.82) is 0 Å². The van der Waals surface area contributed by atoms with E-state index in [9.17, 15) is 19.2 Å². The fourth-order valence-electron chi connectivity index (χ4n) is 4.07. The van der Waals surface area contributed by atoms with E-state index in [2.05, 4.69) is 10.4 Å². The number of esters is 1. The molecule has 2 aromatic rings. The van der Waals surface area contributed by atoms with Gasteiger partial charge in [0.25, 0.3) is 5.91 Å². The standard InChI is InChI=1S/C21H22N4O5/c1-3-25-18(14(10-22-25)21(29)30-4-2)12-6-5-7-13-15(12)11-24(20(13)28)16-8-9-17(26)23-19(16)27/h5-7,10,16H,3-4,8-9,11H2,1-2H3,(H,23,26,27). The van der Waals surface area contributed by atoms with Gasteiger partial charge in [0, 0.05) is 30.6 Å². The minimum Gasteiger partial charge on any atom is -0.462 e. The monoisotopic (exact) mass is 410 g/mol. The number of nitrogens with zero attached hydrogens (tertiary/aromatic N) is 3. The first-order valence-electron chi connectivity index (χ1n) is 9.96. The summed E-state index contributed by atoms with van der Waals surface area (Å²) in [6, 6.07) is 4.61. The van der Waals surface area contributed by atoms with Gasteiger partial charge in [-0.3, -0.25) is 24.4 Å². The maximum atomic E-state index is 13.1. The Morgan fingerprint density at radius 2 is 2.00 bits per heavy atom. The molecule has 2 aliphatic heterocycles. The third-order valence-corrected chi connectivity index (χ3v) is 5.47. The molecule has 9 heteroatoms. The van der Waals surface area contributed by atoms with Crippen molar-refractivity contribution in [2.75, 3.05) is 6.61 Å². The van der Waals surface area contributed by atoms with E-state index < -0.39 is 17.9 Å². The van der Waals surface area contributed by atoms with Crippen LogP contribution in [0.1, 0.15) is 53.0 Å². The lowest BCUT2D eigenvalue weighted by molar-refractivity contribution is -0.136. The summed E-state index contributed by atoms with van der Waals surface area (Å²) in [5, 5.41) is 6.61. The summed E-state index contributed by atoms with van der Waals surface area (Å²) < 4.78 is 6.87. The molecule has 1 unspecified atom stereocenters. The zero-order valence-electron chi connectivity index (χ0n) is 16.8. The fourth-order valence-corrected chi connectivity index (χ4v) is 4.07. The highest BCUT2D eigenvalue weighted by Gasteiger charge is 2.40. The van der Waals surface area contributed by atoms with Crippen molar-refractivity contribution in [3.63, 3.8) is 0 Å². The molecule has 0 bridgehead atoms. The maximum absolute atomic E-state index is 13.1. The van der Waals surface area contributed by atoms with Crippen LogP contribution in [-0.4, -0.2) is 51.0 Å². The predicted octanol–water partition coefficient (Wildman–Crippen LogP) is 1.51. The van der Waals surface area contributed by atoms with E-state index in [0.29, 0.717) is 35.3 Å². The normalized spacial score (nSPS) is 18.4. The molecule has 0 saturated carbocycles. The van der Waals surface area contributed by atoms with Crippen LogP contribution in [0.4, 0.5) is 0 Å². The molecule has 1 saturated heterocycles. The van der Waals surface area contributed by atoms with Crippen LogP contribution < -0.4 is 5.32 Å². The number of carbonyl (C=O) groups is 4. The zero-order chi connectivity index (χ0) is 21.4. The number of aryl methyl sites for hydroxylation is 1. The number of hydrogen-bond acceptors (Lipinski definition) is 6. The number of piperidine rings is 1. The van der Waals surface area contributed by atoms with Gasteiger partial charge in [-0.25, -0.2) is 4.79 Å². The molecule has 30 heavy (non-hydrogen) atoms. The highest BCUT2D eigenvalue weighted by Crippen LogP contribution is 2.36. The van der Waals surface area contributed by atoms with Crippen molar-refractivity contribution in [1.82, 2.24) is 20.0 Å². The Balaban J connectivity index is 1.76. The Bertz CT molecular complexity index is 1060. The number of fused-ring (bicyclic) bond motifs is 1. The number of hydrogen-bond donors (Lipinski definition) is 1. The molecule has 0 radical (unpaired) electrons.